The molecule has 2 aliphatic rings. The summed E-state index contributed by atoms with van der Waals surface area (Å²) in [4.78, 5) is 12.4. The molecule has 4 rings (SSSR count). The summed E-state index contributed by atoms with van der Waals surface area (Å²) in [5, 5.41) is 23.5. The maximum atomic E-state index is 12.4. The van der Waals surface area contributed by atoms with Crippen LogP contribution in [0.5, 0.6) is 5.75 Å². The van der Waals surface area contributed by atoms with Crippen LogP contribution in [-0.4, -0.2) is 22.2 Å². The van der Waals surface area contributed by atoms with Gasteiger partial charge in [0.1, 0.15) is 24.2 Å². The van der Waals surface area contributed by atoms with E-state index in [1.54, 1.807) is 24.4 Å². The average Bonchev–Trinajstić information content (AvgIpc) is 3.14. The van der Waals surface area contributed by atoms with Crippen molar-refractivity contribution in [2.45, 2.75) is 32.2 Å². The van der Waals surface area contributed by atoms with Gasteiger partial charge in [-0.15, -0.1) is 0 Å². The van der Waals surface area contributed by atoms with Crippen LogP contribution in [0.15, 0.2) is 41.7 Å². The lowest BCUT2D eigenvalue weighted by molar-refractivity contribution is -0.136. The fraction of sp³-hybridized carbons (Fsp3) is 0.300. The van der Waals surface area contributed by atoms with E-state index in [-0.39, 0.29) is 17.9 Å². The quantitative estimate of drug-likeness (QED) is 0.772. The van der Waals surface area contributed by atoms with Crippen molar-refractivity contribution in [1.29, 1.82) is 5.26 Å². The molecular weight excluding hydrogens is 330 g/mol. The van der Waals surface area contributed by atoms with E-state index < -0.39 is 11.9 Å². The minimum absolute atomic E-state index is 0.0873. The molecule has 6 nitrogen and oxygen atoms in total. The number of aromatic nitrogens is 1. The van der Waals surface area contributed by atoms with Crippen molar-refractivity contribution in [3.63, 3.8) is 0 Å². The van der Waals surface area contributed by atoms with Gasteiger partial charge < -0.3 is 19.7 Å². The van der Waals surface area contributed by atoms with Gasteiger partial charge in [-0.3, -0.25) is 0 Å². The predicted molar refractivity (Wildman–Crippen MR) is 95.7 cm³/mol. The van der Waals surface area contributed by atoms with E-state index in [4.69, 9.17) is 4.74 Å². The molecule has 2 aliphatic heterocycles. The molecule has 0 saturated carbocycles. The van der Waals surface area contributed by atoms with Crippen LogP contribution < -0.4 is 5.32 Å². The maximum absolute atomic E-state index is 12.4. The van der Waals surface area contributed by atoms with Gasteiger partial charge in [-0.2, -0.15) is 5.26 Å². The van der Waals surface area contributed by atoms with Gasteiger partial charge in [-0.05, 0) is 26.8 Å². The number of hydrogen-bond acceptors (Lipinski definition) is 5. The fourth-order valence-corrected chi connectivity index (χ4v) is 3.70. The van der Waals surface area contributed by atoms with Gasteiger partial charge in [0, 0.05) is 22.9 Å². The van der Waals surface area contributed by atoms with Crippen molar-refractivity contribution >= 4 is 11.8 Å². The van der Waals surface area contributed by atoms with E-state index in [2.05, 4.69) is 11.4 Å². The number of carbonyl (C=O) groups excluding carboxylic acids is 1. The number of benzene rings is 1. The van der Waals surface area contributed by atoms with Crippen LogP contribution in [-0.2, 0) is 15.1 Å². The highest BCUT2D eigenvalue weighted by Crippen LogP contribution is 2.49. The van der Waals surface area contributed by atoms with E-state index in [1.165, 1.54) is 0 Å². The number of nitrogens with zero attached hydrogens (tertiary/aromatic N) is 2. The first-order valence-electron chi connectivity index (χ1n) is 8.44. The molecule has 1 atom stereocenters. The first-order chi connectivity index (χ1) is 12.3. The molecule has 0 radical (unpaired) electrons. The van der Waals surface area contributed by atoms with E-state index in [0.29, 0.717) is 28.0 Å². The summed E-state index contributed by atoms with van der Waals surface area (Å²) < 4.78 is 7.24. The van der Waals surface area contributed by atoms with Crippen molar-refractivity contribution in [2.75, 3.05) is 11.9 Å². The predicted octanol–water partition coefficient (Wildman–Crippen LogP) is 3.19. The molecule has 3 heterocycles. The van der Waals surface area contributed by atoms with Crippen LogP contribution in [0.4, 0.5) is 5.82 Å². The van der Waals surface area contributed by atoms with Gasteiger partial charge in [-0.1, -0.05) is 18.2 Å². The Kier molecular flexibility index (Phi) is 3.38. The topological polar surface area (TPSA) is 87.3 Å². The Hall–Kier alpha value is -3.20. The number of esters is 1. The van der Waals surface area contributed by atoms with Crippen molar-refractivity contribution in [3.8, 4) is 11.8 Å². The van der Waals surface area contributed by atoms with Gasteiger partial charge in [0.05, 0.1) is 22.8 Å². The summed E-state index contributed by atoms with van der Waals surface area (Å²) in [6.07, 6.45) is 1.80. The van der Waals surface area contributed by atoms with Crippen molar-refractivity contribution in [1.82, 2.24) is 4.57 Å². The zero-order valence-electron chi connectivity index (χ0n) is 14.8. The summed E-state index contributed by atoms with van der Waals surface area (Å²) in [5.74, 6) is -0.113. The summed E-state index contributed by atoms with van der Waals surface area (Å²) in [6, 6.07) is 9.15. The molecule has 2 N–H and O–H groups in total. The molecule has 132 valence electrons. The molecule has 2 aromatic rings. The molecule has 1 aromatic carbocycles. The number of phenolic OH excluding ortho intramolecular Hbond substituents is 1. The maximum Gasteiger partial charge on any atom is 0.337 e. The highest BCUT2D eigenvalue weighted by atomic mass is 16.5. The number of nitrogens with one attached hydrogen (secondary N) is 1. The van der Waals surface area contributed by atoms with Crippen molar-refractivity contribution in [2.24, 2.45) is 0 Å². The number of aromatic hydroxyl groups is 1. The normalized spacial score (nSPS) is 18.7. The molecule has 0 fully saturated rings. The number of cyclic esters (lactones) is 1. The second-order valence-electron chi connectivity index (χ2n) is 7.54. The number of para-hydroxylation sites is 1. The van der Waals surface area contributed by atoms with Crippen molar-refractivity contribution in [3.05, 3.63) is 58.4 Å². The Morgan fingerprint density at radius 1 is 1.35 bits per heavy atom. The number of hydrogen-bond donors (Lipinski definition) is 2. The molecule has 26 heavy (non-hydrogen) atoms. The number of carbonyl (C=O) groups is 1. The summed E-state index contributed by atoms with van der Waals surface area (Å²) in [6.45, 7) is 6.30. The van der Waals surface area contributed by atoms with E-state index in [9.17, 15) is 15.2 Å². The van der Waals surface area contributed by atoms with E-state index >= 15 is 0 Å². The monoisotopic (exact) mass is 349 g/mol. The third-order valence-corrected chi connectivity index (χ3v) is 4.87. The lowest BCUT2D eigenvalue weighted by Gasteiger charge is -2.30. The highest BCUT2D eigenvalue weighted by Gasteiger charge is 2.43. The van der Waals surface area contributed by atoms with Crippen LogP contribution in [0.1, 0.15) is 43.4 Å². The van der Waals surface area contributed by atoms with Gasteiger partial charge >= 0.3 is 5.97 Å². The molecular formula is C20H19N3O3. The molecule has 0 unspecified atom stereocenters. The van der Waals surface area contributed by atoms with Gasteiger partial charge in [-0.25, -0.2) is 4.79 Å². The SMILES string of the molecule is CC(C)(C)n1cc(C#N)c2c1NC1=C(C(=O)OC1)[C@H]2c1ccccc1O. The third-order valence-electron chi connectivity index (χ3n) is 4.87. The molecule has 0 aliphatic carbocycles. The minimum atomic E-state index is -0.546. The van der Waals surface area contributed by atoms with Crippen LogP contribution in [0.25, 0.3) is 0 Å². The van der Waals surface area contributed by atoms with Gasteiger partial charge in [0.25, 0.3) is 0 Å². The van der Waals surface area contributed by atoms with Gasteiger partial charge in [0.15, 0.2) is 0 Å². The Morgan fingerprint density at radius 3 is 2.73 bits per heavy atom. The number of rotatable bonds is 1. The molecule has 1 aromatic heterocycles. The number of nitriles is 1. The Bertz CT molecular complexity index is 1000. The smallest absolute Gasteiger partial charge is 0.337 e. The molecule has 0 amide bonds. The van der Waals surface area contributed by atoms with Crippen LogP contribution in [0, 0.1) is 11.3 Å². The van der Waals surface area contributed by atoms with Crippen molar-refractivity contribution < 1.29 is 14.6 Å². The van der Waals surface area contributed by atoms with Crippen LogP contribution >= 0.6 is 0 Å². The van der Waals surface area contributed by atoms with Crippen LogP contribution in [0.3, 0.4) is 0 Å². The Labute approximate surface area is 151 Å². The first-order valence-corrected chi connectivity index (χ1v) is 8.44. The first kappa shape index (κ1) is 16.3. The zero-order valence-corrected chi connectivity index (χ0v) is 14.8. The molecule has 0 bridgehead atoms. The van der Waals surface area contributed by atoms with E-state index in [1.807, 2.05) is 31.4 Å². The van der Waals surface area contributed by atoms with E-state index in [0.717, 1.165) is 5.82 Å². The summed E-state index contributed by atoms with van der Waals surface area (Å²) in [7, 11) is 0. The largest absolute Gasteiger partial charge is 0.508 e. The highest BCUT2D eigenvalue weighted by molar-refractivity contribution is 5.97. The minimum Gasteiger partial charge on any atom is -0.508 e. The second-order valence-corrected chi connectivity index (χ2v) is 7.54. The molecule has 0 saturated heterocycles. The fourth-order valence-electron chi connectivity index (χ4n) is 3.70. The molecule has 6 heteroatoms. The Balaban J connectivity index is 2.05. The lowest BCUT2D eigenvalue weighted by Crippen LogP contribution is -2.26. The summed E-state index contributed by atoms with van der Waals surface area (Å²) in [5.41, 5.74) is 2.64. The number of anilines is 1. The zero-order chi connectivity index (χ0) is 18.6. The van der Waals surface area contributed by atoms with Gasteiger partial charge in [0.2, 0.25) is 0 Å². The number of phenols is 1. The number of ether oxygens (including phenoxy) is 1. The van der Waals surface area contributed by atoms with Crippen LogP contribution in [0.2, 0.25) is 0 Å². The standard InChI is InChI=1S/C20H19N3O3/c1-20(2,3)23-9-11(8-21)15-16(12-6-4-5-7-14(12)24)17-13(22-18(15)23)10-26-19(17)25/h4-7,9,16,22,24H,10H2,1-3H3/t16-/m0/s1. The second kappa shape index (κ2) is 5.40. The number of fused-ring (bicyclic) bond motifs is 1. The molecule has 0 spiro atoms. The Morgan fingerprint density at radius 2 is 2.08 bits per heavy atom. The lowest BCUT2D eigenvalue weighted by atomic mass is 9.81. The average molecular weight is 349 g/mol. The third kappa shape index (κ3) is 2.21. The summed E-state index contributed by atoms with van der Waals surface area (Å²) >= 11 is 0.